The van der Waals surface area contributed by atoms with Crippen LogP contribution in [-0.4, -0.2) is 5.11 Å². The van der Waals surface area contributed by atoms with Crippen molar-refractivity contribution < 1.29 is 13.9 Å². The van der Waals surface area contributed by atoms with Crippen molar-refractivity contribution in [3.05, 3.63) is 35.4 Å². The molecule has 0 spiro atoms. The monoisotopic (exact) mass is 278 g/mol. The first-order chi connectivity index (χ1) is 9.61. The average Bonchev–Trinajstić information content (AvgIpc) is 2.40. The van der Waals surface area contributed by atoms with E-state index in [2.05, 4.69) is 0 Å². The molecule has 0 heterocycles. The Kier molecular flexibility index (Phi) is 2.88. The van der Waals surface area contributed by atoms with Crippen molar-refractivity contribution >= 4 is 0 Å². The van der Waals surface area contributed by atoms with Crippen LogP contribution >= 0.6 is 0 Å². The van der Waals surface area contributed by atoms with Crippen LogP contribution in [-0.2, 0) is 0 Å². The van der Waals surface area contributed by atoms with E-state index in [4.69, 9.17) is 0 Å². The zero-order chi connectivity index (χ0) is 13.9. The lowest BCUT2D eigenvalue weighted by atomic mass is 9.50. The van der Waals surface area contributed by atoms with Crippen LogP contribution in [0.1, 0.15) is 43.8 Å². The molecule has 1 N–H and O–H groups in total. The highest BCUT2D eigenvalue weighted by molar-refractivity contribution is 5.22. The molecule has 1 aromatic carbocycles. The molecule has 1 aromatic rings. The molecule has 20 heavy (non-hydrogen) atoms. The second-order valence-electron chi connectivity index (χ2n) is 7.13. The maximum atomic E-state index is 13.4. The average molecular weight is 278 g/mol. The number of rotatable bonds is 2. The molecule has 1 nitrogen and oxygen atoms in total. The lowest BCUT2D eigenvalue weighted by molar-refractivity contribution is -0.0908. The molecule has 4 saturated carbocycles. The van der Waals surface area contributed by atoms with Gasteiger partial charge in [-0.05, 0) is 79.4 Å². The summed E-state index contributed by atoms with van der Waals surface area (Å²) in [6.07, 6.45) is 5.62. The minimum absolute atomic E-state index is 0.243. The molecule has 0 aromatic heterocycles. The van der Waals surface area contributed by atoms with Gasteiger partial charge in [-0.2, -0.15) is 0 Å². The Morgan fingerprint density at radius 2 is 1.50 bits per heavy atom. The van der Waals surface area contributed by atoms with Crippen LogP contribution in [0.2, 0.25) is 0 Å². The summed E-state index contributed by atoms with van der Waals surface area (Å²) in [5.74, 6) is 1.41. The van der Waals surface area contributed by atoms with Gasteiger partial charge in [-0.3, -0.25) is 0 Å². The number of hydrogen-bond acceptors (Lipinski definition) is 1. The third-order valence-electron chi connectivity index (χ3n) is 5.95. The van der Waals surface area contributed by atoms with Crippen LogP contribution < -0.4 is 0 Å². The molecule has 1 atom stereocenters. The third-order valence-corrected chi connectivity index (χ3v) is 5.95. The zero-order valence-corrected chi connectivity index (χ0v) is 11.4. The standard InChI is InChI=1S/C17H20F2O/c18-14-2-1-11(8-15(14)19)17(20)16-12-4-9-3-10(6-12)7-13(16)5-9/h1-2,8-10,12-13,16-17,20H,3-7H2. The highest BCUT2D eigenvalue weighted by Gasteiger charge is 2.50. The second-order valence-corrected chi connectivity index (χ2v) is 7.13. The van der Waals surface area contributed by atoms with Gasteiger partial charge in [0.05, 0.1) is 6.10 Å². The van der Waals surface area contributed by atoms with Crippen LogP contribution in [0.25, 0.3) is 0 Å². The first-order valence-electron chi connectivity index (χ1n) is 7.75. The maximum absolute atomic E-state index is 13.4. The maximum Gasteiger partial charge on any atom is 0.159 e. The van der Waals surface area contributed by atoms with Gasteiger partial charge in [0.25, 0.3) is 0 Å². The Hall–Kier alpha value is -0.960. The highest BCUT2D eigenvalue weighted by Crippen LogP contribution is 2.59. The van der Waals surface area contributed by atoms with Crippen molar-refractivity contribution in [2.24, 2.45) is 29.6 Å². The molecule has 4 fully saturated rings. The van der Waals surface area contributed by atoms with Gasteiger partial charge in [-0.15, -0.1) is 0 Å². The van der Waals surface area contributed by atoms with Crippen molar-refractivity contribution in [2.75, 3.05) is 0 Å². The quantitative estimate of drug-likeness (QED) is 0.864. The Morgan fingerprint density at radius 3 is 2.05 bits per heavy atom. The molecule has 0 radical (unpaired) electrons. The molecule has 0 amide bonds. The number of halogens is 2. The molecule has 5 rings (SSSR count). The predicted molar refractivity (Wildman–Crippen MR) is 71.9 cm³/mol. The lowest BCUT2D eigenvalue weighted by Crippen LogP contribution is -2.47. The first kappa shape index (κ1) is 12.8. The molecule has 1 unspecified atom stereocenters. The molecule has 3 heteroatoms. The summed E-state index contributed by atoms with van der Waals surface area (Å²) in [6, 6.07) is 3.84. The number of aliphatic hydroxyl groups is 1. The lowest BCUT2D eigenvalue weighted by Gasteiger charge is -2.55. The van der Waals surface area contributed by atoms with Gasteiger partial charge in [-0.25, -0.2) is 8.78 Å². The predicted octanol–water partition coefficient (Wildman–Crippen LogP) is 4.07. The zero-order valence-electron chi connectivity index (χ0n) is 11.4. The molecule has 4 aliphatic rings. The van der Waals surface area contributed by atoms with Gasteiger partial charge < -0.3 is 5.11 Å². The Morgan fingerprint density at radius 1 is 0.900 bits per heavy atom. The smallest absolute Gasteiger partial charge is 0.159 e. The van der Waals surface area contributed by atoms with Crippen molar-refractivity contribution in [1.29, 1.82) is 0 Å². The second kappa shape index (κ2) is 4.52. The summed E-state index contributed by atoms with van der Waals surface area (Å²) in [5.41, 5.74) is 0.543. The fourth-order valence-corrected chi connectivity index (χ4v) is 5.40. The number of hydrogen-bond donors (Lipinski definition) is 1. The Bertz CT molecular complexity index is 500. The van der Waals surface area contributed by atoms with E-state index in [0.29, 0.717) is 17.4 Å². The summed E-state index contributed by atoms with van der Waals surface area (Å²) in [7, 11) is 0. The van der Waals surface area contributed by atoms with Crippen molar-refractivity contribution in [1.82, 2.24) is 0 Å². The molecule has 4 bridgehead atoms. The van der Waals surface area contributed by atoms with Gasteiger partial charge in [0.15, 0.2) is 11.6 Å². The third kappa shape index (κ3) is 1.90. The van der Waals surface area contributed by atoms with E-state index in [1.807, 2.05) is 0 Å². The normalized spacial score (nSPS) is 40.0. The number of benzene rings is 1. The van der Waals surface area contributed by atoms with E-state index in [9.17, 15) is 13.9 Å². The fraction of sp³-hybridized carbons (Fsp3) is 0.647. The van der Waals surface area contributed by atoms with Crippen LogP contribution in [0.3, 0.4) is 0 Å². The van der Waals surface area contributed by atoms with Crippen molar-refractivity contribution in [3.8, 4) is 0 Å². The van der Waals surface area contributed by atoms with Crippen molar-refractivity contribution in [2.45, 2.75) is 38.2 Å². The van der Waals surface area contributed by atoms with E-state index in [1.54, 1.807) is 0 Å². The molecule has 4 aliphatic carbocycles. The van der Waals surface area contributed by atoms with Gasteiger partial charge in [0.2, 0.25) is 0 Å². The van der Waals surface area contributed by atoms with Crippen LogP contribution in [0.5, 0.6) is 0 Å². The van der Waals surface area contributed by atoms with Crippen molar-refractivity contribution in [3.63, 3.8) is 0 Å². The van der Waals surface area contributed by atoms with Crippen LogP contribution in [0.4, 0.5) is 8.78 Å². The van der Waals surface area contributed by atoms with E-state index in [1.165, 1.54) is 44.2 Å². The molecule has 0 aliphatic heterocycles. The van der Waals surface area contributed by atoms with Crippen LogP contribution in [0, 0.1) is 41.2 Å². The molecule has 108 valence electrons. The first-order valence-corrected chi connectivity index (χ1v) is 7.75. The Labute approximate surface area is 118 Å². The van der Waals surface area contributed by atoms with E-state index in [0.717, 1.165) is 17.9 Å². The van der Waals surface area contributed by atoms with Gasteiger partial charge in [0, 0.05) is 0 Å². The largest absolute Gasteiger partial charge is 0.388 e. The topological polar surface area (TPSA) is 20.2 Å². The van der Waals surface area contributed by atoms with Crippen LogP contribution in [0.15, 0.2) is 18.2 Å². The summed E-state index contributed by atoms with van der Waals surface area (Å²) in [5, 5.41) is 10.7. The molecule has 0 saturated heterocycles. The summed E-state index contributed by atoms with van der Waals surface area (Å²) >= 11 is 0. The SMILES string of the molecule is OC(c1ccc(F)c(F)c1)C1C2CC3CC(C2)CC1C3. The minimum Gasteiger partial charge on any atom is -0.388 e. The fourth-order valence-electron chi connectivity index (χ4n) is 5.40. The van der Waals surface area contributed by atoms with Gasteiger partial charge in [0.1, 0.15) is 0 Å². The summed E-state index contributed by atoms with van der Waals surface area (Å²) in [4.78, 5) is 0. The van der Waals surface area contributed by atoms with Gasteiger partial charge in [-0.1, -0.05) is 6.07 Å². The van der Waals surface area contributed by atoms with E-state index < -0.39 is 17.7 Å². The number of aliphatic hydroxyl groups excluding tert-OH is 1. The Balaban J connectivity index is 1.62. The summed E-state index contributed by atoms with van der Waals surface area (Å²) < 4.78 is 26.4. The van der Waals surface area contributed by atoms with E-state index in [-0.39, 0.29) is 5.92 Å². The molecular formula is C17H20F2O. The van der Waals surface area contributed by atoms with E-state index >= 15 is 0 Å². The van der Waals surface area contributed by atoms with Gasteiger partial charge >= 0.3 is 0 Å². The minimum atomic E-state index is -0.856. The summed E-state index contributed by atoms with van der Waals surface area (Å²) in [6.45, 7) is 0. The highest BCUT2D eigenvalue weighted by atomic mass is 19.2. The molecular weight excluding hydrogens is 258 g/mol.